The van der Waals surface area contributed by atoms with Crippen molar-refractivity contribution in [1.82, 2.24) is 16.2 Å². The van der Waals surface area contributed by atoms with Crippen LogP contribution in [0.2, 0.25) is 5.02 Å². The molecule has 0 aliphatic carbocycles. The molecule has 6 nitrogen and oxygen atoms in total. The molecule has 0 aliphatic heterocycles. The number of amides is 2. The highest BCUT2D eigenvalue weighted by molar-refractivity contribution is 7.80. The second-order valence-corrected chi connectivity index (χ2v) is 5.53. The normalized spacial score (nSPS) is 9.71. The maximum atomic E-state index is 11.8. The van der Waals surface area contributed by atoms with Gasteiger partial charge in [-0.2, -0.15) is 0 Å². The standard InChI is InChI=1S/C16H15ClN4O2S/c17-12-6-8-13(9-7-12)19-16(24)21-20-14(22)10-18-15(23)11-4-2-1-3-5-11/h1-9H,10H2,(H,18,23)(H,20,22)(H2,19,21,24). The zero-order valence-corrected chi connectivity index (χ0v) is 14.1. The SMILES string of the molecule is O=C(CNC(=O)c1ccccc1)NNC(=S)Nc1ccc(Cl)cc1. The number of benzene rings is 2. The molecule has 0 saturated heterocycles. The zero-order valence-electron chi connectivity index (χ0n) is 12.5. The molecule has 4 N–H and O–H groups in total. The van der Waals surface area contributed by atoms with E-state index in [1.54, 1.807) is 48.5 Å². The molecule has 8 heteroatoms. The number of hydrogen-bond donors (Lipinski definition) is 4. The van der Waals surface area contributed by atoms with Crippen LogP contribution in [-0.2, 0) is 4.79 Å². The first-order chi connectivity index (χ1) is 11.5. The Balaban J connectivity index is 1.70. The minimum atomic E-state index is -0.431. The van der Waals surface area contributed by atoms with Crippen molar-refractivity contribution in [3.63, 3.8) is 0 Å². The Kier molecular flexibility index (Phi) is 6.53. The number of carbonyl (C=O) groups is 2. The lowest BCUT2D eigenvalue weighted by molar-refractivity contribution is -0.120. The molecule has 2 amide bonds. The van der Waals surface area contributed by atoms with Crippen molar-refractivity contribution >= 4 is 46.4 Å². The lowest BCUT2D eigenvalue weighted by Gasteiger charge is -2.12. The predicted octanol–water partition coefficient (Wildman–Crippen LogP) is 2.09. The molecule has 0 unspecified atom stereocenters. The molecule has 0 bridgehead atoms. The first-order valence-electron chi connectivity index (χ1n) is 6.99. The monoisotopic (exact) mass is 362 g/mol. The van der Waals surface area contributed by atoms with E-state index in [4.69, 9.17) is 23.8 Å². The summed E-state index contributed by atoms with van der Waals surface area (Å²) in [5.74, 6) is -0.757. The maximum Gasteiger partial charge on any atom is 0.257 e. The summed E-state index contributed by atoms with van der Waals surface area (Å²) in [5, 5.41) is 6.21. The fraction of sp³-hybridized carbons (Fsp3) is 0.0625. The van der Waals surface area contributed by atoms with Crippen LogP contribution in [0.1, 0.15) is 10.4 Å². The summed E-state index contributed by atoms with van der Waals surface area (Å²) < 4.78 is 0. The van der Waals surface area contributed by atoms with E-state index in [-0.39, 0.29) is 17.6 Å². The van der Waals surface area contributed by atoms with Crippen LogP contribution in [0.25, 0.3) is 0 Å². The van der Waals surface area contributed by atoms with Gasteiger partial charge in [0.2, 0.25) is 0 Å². The van der Waals surface area contributed by atoms with Gasteiger partial charge in [-0.05, 0) is 48.6 Å². The van der Waals surface area contributed by atoms with Crippen LogP contribution in [0, 0.1) is 0 Å². The van der Waals surface area contributed by atoms with E-state index >= 15 is 0 Å². The fourth-order valence-electron chi connectivity index (χ4n) is 1.72. The molecule has 0 spiro atoms. The van der Waals surface area contributed by atoms with E-state index in [9.17, 15) is 9.59 Å². The molecule has 0 aliphatic rings. The van der Waals surface area contributed by atoms with Crippen molar-refractivity contribution in [2.75, 3.05) is 11.9 Å². The maximum absolute atomic E-state index is 11.8. The number of anilines is 1. The minimum Gasteiger partial charge on any atom is -0.343 e. The number of carbonyl (C=O) groups excluding carboxylic acids is 2. The summed E-state index contributed by atoms with van der Waals surface area (Å²) in [6.45, 7) is -0.176. The van der Waals surface area contributed by atoms with Crippen LogP contribution in [-0.4, -0.2) is 23.5 Å². The Morgan fingerprint density at radius 1 is 0.958 bits per heavy atom. The van der Waals surface area contributed by atoms with Crippen molar-refractivity contribution in [1.29, 1.82) is 0 Å². The number of hydrazine groups is 1. The highest BCUT2D eigenvalue weighted by atomic mass is 35.5. The third kappa shape index (κ3) is 5.86. The van der Waals surface area contributed by atoms with Crippen LogP contribution in [0.15, 0.2) is 54.6 Å². The van der Waals surface area contributed by atoms with Gasteiger partial charge in [0, 0.05) is 16.3 Å². The number of hydrogen-bond acceptors (Lipinski definition) is 3. The molecular weight excluding hydrogens is 348 g/mol. The van der Waals surface area contributed by atoms with Crippen molar-refractivity contribution in [3.8, 4) is 0 Å². The van der Waals surface area contributed by atoms with Gasteiger partial charge in [-0.3, -0.25) is 20.4 Å². The van der Waals surface area contributed by atoms with Gasteiger partial charge in [-0.25, -0.2) is 0 Å². The van der Waals surface area contributed by atoms with Crippen LogP contribution < -0.4 is 21.5 Å². The summed E-state index contributed by atoms with van der Waals surface area (Å²) in [7, 11) is 0. The first-order valence-corrected chi connectivity index (χ1v) is 7.78. The molecule has 2 aromatic rings. The van der Waals surface area contributed by atoms with Crippen molar-refractivity contribution in [2.24, 2.45) is 0 Å². The summed E-state index contributed by atoms with van der Waals surface area (Å²) >= 11 is 10.8. The molecule has 0 fully saturated rings. The molecule has 24 heavy (non-hydrogen) atoms. The van der Waals surface area contributed by atoms with Crippen LogP contribution in [0.5, 0.6) is 0 Å². The van der Waals surface area contributed by atoms with Crippen molar-refractivity contribution in [2.45, 2.75) is 0 Å². The summed E-state index contributed by atoms with van der Waals surface area (Å²) in [6, 6.07) is 15.6. The van der Waals surface area contributed by atoms with E-state index in [1.807, 2.05) is 6.07 Å². The Labute approximate surface area is 149 Å². The number of halogens is 1. The van der Waals surface area contributed by atoms with Crippen molar-refractivity contribution < 1.29 is 9.59 Å². The number of rotatable bonds is 4. The summed E-state index contributed by atoms with van der Waals surface area (Å²) in [6.07, 6.45) is 0. The largest absolute Gasteiger partial charge is 0.343 e. The summed E-state index contributed by atoms with van der Waals surface area (Å²) in [4.78, 5) is 23.5. The lowest BCUT2D eigenvalue weighted by atomic mass is 10.2. The van der Waals surface area contributed by atoms with E-state index in [0.717, 1.165) is 5.69 Å². The molecule has 0 aromatic heterocycles. The molecular formula is C16H15ClN4O2S. The van der Waals surface area contributed by atoms with E-state index in [0.29, 0.717) is 10.6 Å². The average Bonchev–Trinajstić information content (AvgIpc) is 2.60. The lowest BCUT2D eigenvalue weighted by Crippen LogP contribution is -2.47. The number of thiocarbonyl (C=S) groups is 1. The van der Waals surface area contributed by atoms with Gasteiger partial charge in [0.15, 0.2) is 5.11 Å². The first kappa shape index (κ1) is 17.7. The van der Waals surface area contributed by atoms with Gasteiger partial charge >= 0.3 is 0 Å². The number of nitrogens with one attached hydrogen (secondary N) is 4. The van der Waals surface area contributed by atoms with E-state index in [2.05, 4.69) is 21.5 Å². The Morgan fingerprint density at radius 3 is 2.29 bits per heavy atom. The molecule has 124 valence electrons. The average molecular weight is 363 g/mol. The van der Waals surface area contributed by atoms with Crippen LogP contribution in [0.4, 0.5) is 5.69 Å². The topological polar surface area (TPSA) is 82.3 Å². The van der Waals surface area contributed by atoms with Crippen LogP contribution >= 0.6 is 23.8 Å². The minimum absolute atomic E-state index is 0.176. The predicted molar refractivity (Wildman–Crippen MR) is 97.7 cm³/mol. The van der Waals surface area contributed by atoms with Gasteiger partial charge in [0.05, 0.1) is 6.54 Å². The molecule has 2 rings (SSSR count). The molecule has 0 radical (unpaired) electrons. The third-order valence-corrected chi connectivity index (χ3v) is 3.32. The van der Waals surface area contributed by atoms with Gasteiger partial charge in [-0.15, -0.1) is 0 Å². The van der Waals surface area contributed by atoms with E-state index < -0.39 is 5.91 Å². The molecule has 2 aromatic carbocycles. The van der Waals surface area contributed by atoms with Gasteiger partial charge in [0.1, 0.15) is 0 Å². The molecule has 0 heterocycles. The Hall–Kier alpha value is -2.64. The molecule has 0 saturated carbocycles. The Bertz CT molecular complexity index is 723. The molecule has 0 atom stereocenters. The van der Waals surface area contributed by atoms with Gasteiger partial charge in [-0.1, -0.05) is 29.8 Å². The quantitative estimate of drug-likeness (QED) is 0.494. The highest BCUT2D eigenvalue weighted by Gasteiger charge is 2.07. The van der Waals surface area contributed by atoms with E-state index in [1.165, 1.54) is 0 Å². The fourth-order valence-corrected chi connectivity index (χ4v) is 2.01. The van der Waals surface area contributed by atoms with Gasteiger partial charge < -0.3 is 10.6 Å². The van der Waals surface area contributed by atoms with Crippen molar-refractivity contribution in [3.05, 3.63) is 65.2 Å². The third-order valence-electron chi connectivity index (χ3n) is 2.86. The van der Waals surface area contributed by atoms with Gasteiger partial charge in [0.25, 0.3) is 11.8 Å². The summed E-state index contributed by atoms with van der Waals surface area (Å²) in [5.41, 5.74) is 6.14. The van der Waals surface area contributed by atoms with Crippen LogP contribution in [0.3, 0.4) is 0 Å². The second-order valence-electron chi connectivity index (χ2n) is 4.68. The zero-order chi connectivity index (χ0) is 17.4. The Morgan fingerprint density at radius 2 is 1.62 bits per heavy atom. The highest BCUT2D eigenvalue weighted by Crippen LogP contribution is 2.12. The smallest absolute Gasteiger partial charge is 0.257 e. The second kappa shape index (κ2) is 8.85.